The third kappa shape index (κ3) is 7.52. The van der Waals surface area contributed by atoms with E-state index in [9.17, 15) is 9.59 Å². The van der Waals surface area contributed by atoms with Crippen molar-refractivity contribution in [3.8, 4) is 22.4 Å². The van der Waals surface area contributed by atoms with Crippen molar-refractivity contribution in [2.24, 2.45) is 0 Å². The third-order valence-electron chi connectivity index (χ3n) is 11.9. The second-order valence-corrected chi connectivity index (χ2v) is 16.9. The number of likely N-dealkylation sites (tertiary alicyclic amines) is 1. The van der Waals surface area contributed by atoms with Gasteiger partial charge in [-0.05, 0) is 152 Å². The second-order valence-electron chi connectivity index (χ2n) is 16.9. The van der Waals surface area contributed by atoms with Gasteiger partial charge in [-0.25, -0.2) is 14.5 Å². The van der Waals surface area contributed by atoms with Gasteiger partial charge in [-0.2, -0.15) is 5.10 Å². The van der Waals surface area contributed by atoms with Crippen LogP contribution in [0.3, 0.4) is 0 Å². The Balaban J connectivity index is 1.08. The van der Waals surface area contributed by atoms with Gasteiger partial charge in [0.15, 0.2) is 11.9 Å². The van der Waals surface area contributed by atoms with Crippen LogP contribution >= 0.6 is 0 Å². The highest BCUT2D eigenvalue weighted by Gasteiger charge is 2.31. The van der Waals surface area contributed by atoms with Crippen LogP contribution in [0.2, 0.25) is 0 Å². The minimum absolute atomic E-state index is 0.00899. The molecule has 4 aliphatic rings. The van der Waals surface area contributed by atoms with E-state index >= 15 is 0 Å². The van der Waals surface area contributed by atoms with Gasteiger partial charge in [-0.1, -0.05) is 18.2 Å². The van der Waals surface area contributed by atoms with Crippen LogP contribution < -0.4 is 0 Å². The van der Waals surface area contributed by atoms with E-state index in [1.165, 1.54) is 55.5 Å². The zero-order valence-electron chi connectivity index (χ0n) is 32.8. The number of rotatable bonds is 5. The number of pyridine rings is 1. The summed E-state index contributed by atoms with van der Waals surface area (Å²) in [5, 5.41) is 6.21. The van der Waals surface area contributed by atoms with Gasteiger partial charge in [-0.3, -0.25) is 4.79 Å². The average molecular weight is 733 g/mol. The fourth-order valence-corrected chi connectivity index (χ4v) is 9.07. The van der Waals surface area contributed by atoms with Crippen molar-refractivity contribution in [3.63, 3.8) is 0 Å². The molecule has 0 N–H and O–H groups in total. The molecule has 2 aromatic heterocycles. The molecular formula is C44H56N6O4. The first-order chi connectivity index (χ1) is 26.0. The molecule has 1 aliphatic carbocycles. The highest BCUT2D eigenvalue weighted by Crippen LogP contribution is 2.37. The van der Waals surface area contributed by atoms with Gasteiger partial charge in [0.25, 0.3) is 5.91 Å². The van der Waals surface area contributed by atoms with E-state index in [2.05, 4.69) is 41.3 Å². The van der Waals surface area contributed by atoms with Crippen LogP contribution in [-0.2, 0) is 22.3 Å². The van der Waals surface area contributed by atoms with E-state index in [1.54, 1.807) is 4.90 Å². The quantitative estimate of drug-likeness (QED) is 0.192. The van der Waals surface area contributed by atoms with Crippen molar-refractivity contribution in [1.82, 2.24) is 29.5 Å². The first-order valence-corrected chi connectivity index (χ1v) is 20.3. The molecule has 3 fully saturated rings. The van der Waals surface area contributed by atoms with Gasteiger partial charge in [0, 0.05) is 67.1 Å². The molecule has 286 valence electrons. The summed E-state index contributed by atoms with van der Waals surface area (Å²) in [4.78, 5) is 38.0. The molecule has 2 atom stereocenters. The molecule has 1 unspecified atom stereocenters. The van der Waals surface area contributed by atoms with Crippen molar-refractivity contribution >= 4 is 23.0 Å². The predicted octanol–water partition coefficient (Wildman–Crippen LogP) is 8.12. The normalized spacial score (nSPS) is 21.3. The summed E-state index contributed by atoms with van der Waals surface area (Å²) in [5.74, 6) is -0.00899. The SMILES string of the molecule is Cc1cc(-c2nn(C3CCCCO3)c3ncc(-c4ccc5c(c4)CC[C@@H](N4CCCC4)CC5)cc23)cc(C)c1C(=O)N1CCN(C(=O)OC(C)(C)C)CC1. The predicted molar refractivity (Wildman–Crippen MR) is 212 cm³/mol. The van der Waals surface area contributed by atoms with Gasteiger partial charge in [0.1, 0.15) is 11.3 Å². The summed E-state index contributed by atoms with van der Waals surface area (Å²) >= 11 is 0. The Morgan fingerprint density at radius 2 is 1.48 bits per heavy atom. The van der Waals surface area contributed by atoms with Crippen molar-refractivity contribution in [2.75, 3.05) is 45.9 Å². The lowest BCUT2D eigenvalue weighted by atomic mass is 9.94. The maximum atomic E-state index is 14.0. The summed E-state index contributed by atoms with van der Waals surface area (Å²) in [6.07, 6.45) is 12.0. The number of nitrogens with zero attached hydrogens (tertiary/aromatic N) is 6. The average Bonchev–Trinajstić information content (AvgIpc) is 3.78. The Kier molecular flexibility index (Phi) is 10.3. The molecule has 0 spiro atoms. The van der Waals surface area contributed by atoms with Crippen LogP contribution in [0.15, 0.2) is 42.6 Å². The molecule has 0 radical (unpaired) electrons. The zero-order chi connectivity index (χ0) is 37.6. The molecule has 0 bridgehead atoms. The molecular weight excluding hydrogens is 677 g/mol. The molecule has 4 aromatic rings. The van der Waals surface area contributed by atoms with E-state index < -0.39 is 5.60 Å². The Morgan fingerprint density at radius 3 is 2.17 bits per heavy atom. The molecule has 3 aliphatic heterocycles. The number of benzene rings is 2. The number of fused-ring (bicyclic) bond motifs is 2. The van der Waals surface area contributed by atoms with Crippen LogP contribution in [0.4, 0.5) is 4.79 Å². The third-order valence-corrected chi connectivity index (χ3v) is 11.9. The van der Waals surface area contributed by atoms with Crippen LogP contribution in [0.5, 0.6) is 0 Å². The van der Waals surface area contributed by atoms with Crippen LogP contribution in [0.1, 0.15) is 105 Å². The Morgan fingerprint density at radius 1 is 0.778 bits per heavy atom. The molecule has 2 amide bonds. The van der Waals surface area contributed by atoms with E-state index in [0.717, 1.165) is 71.1 Å². The van der Waals surface area contributed by atoms with Gasteiger partial charge in [0.2, 0.25) is 0 Å². The molecule has 3 saturated heterocycles. The summed E-state index contributed by atoms with van der Waals surface area (Å²) in [7, 11) is 0. The maximum absolute atomic E-state index is 14.0. The van der Waals surface area contributed by atoms with Crippen LogP contribution in [-0.4, -0.2) is 99.0 Å². The highest BCUT2D eigenvalue weighted by atomic mass is 16.6. The lowest BCUT2D eigenvalue weighted by molar-refractivity contribution is -0.0368. The second kappa shape index (κ2) is 15.1. The highest BCUT2D eigenvalue weighted by molar-refractivity contribution is 5.99. The fraction of sp³-hybridized carbons (Fsp3) is 0.545. The van der Waals surface area contributed by atoms with Crippen molar-refractivity contribution in [3.05, 3.63) is 70.4 Å². The van der Waals surface area contributed by atoms with E-state index in [-0.39, 0.29) is 18.2 Å². The van der Waals surface area contributed by atoms with Crippen LogP contribution in [0, 0.1) is 13.8 Å². The molecule has 0 saturated carbocycles. The van der Waals surface area contributed by atoms with Crippen molar-refractivity contribution in [2.45, 2.75) is 110 Å². The maximum Gasteiger partial charge on any atom is 0.410 e. The topological polar surface area (TPSA) is 93.0 Å². The first-order valence-electron chi connectivity index (χ1n) is 20.3. The molecule has 2 aromatic carbocycles. The van der Waals surface area contributed by atoms with E-state index in [0.29, 0.717) is 44.4 Å². The summed E-state index contributed by atoms with van der Waals surface area (Å²) in [6, 6.07) is 14.2. The minimum atomic E-state index is -0.556. The number of carbonyl (C=O) groups excluding carboxylic acids is 2. The first kappa shape index (κ1) is 36.7. The summed E-state index contributed by atoms with van der Waals surface area (Å²) in [5.41, 5.74) is 9.84. The van der Waals surface area contributed by atoms with E-state index in [1.807, 2.05) is 50.4 Å². The van der Waals surface area contributed by atoms with Gasteiger partial charge >= 0.3 is 6.09 Å². The summed E-state index contributed by atoms with van der Waals surface area (Å²) in [6.45, 7) is 14.7. The molecule has 5 heterocycles. The van der Waals surface area contributed by atoms with E-state index in [4.69, 9.17) is 19.6 Å². The molecule has 10 heteroatoms. The number of hydrogen-bond donors (Lipinski definition) is 0. The standard InChI is InChI=1S/C44H56N6O4/c1-29-24-34(25-30(2)39(29)42(51)48-19-21-49(22-20-48)43(52)54-44(3,4)5)40-37-27-35(28-45-41(37)50(46-40)38-10-6-9-23-53-38)33-12-11-31-13-15-36(16-14-32(31)26-33)47-17-7-8-18-47/h11-12,24-28,36,38H,6-10,13-23H2,1-5H3/t36-,38?/m0/s1. The Labute approximate surface area is 319 Å². The number of carbonyl (C=O) groups is 2. The largest absolute Gasteiger partial charge is 0.444 e. The molecule has 54 heavy (non-hydrogen) atoms. The van der Waals surface area contributed by atoms with Crippen molar-refractivity contribution < 1.29 is 19.1 Å². The number of ether oxygens (including phenoxy) is 2. The molecule has 8 rings (SSSR count). The van der Waals surface area contributed by atoms with Gasteiger partial charge in [-0.15, -0.1) is 0 Å². The lowest BCUT2D eigenvalue weighted by Gasteiger charge is -2.36. The smallest absolute Gasteiger partial charge is 0.410 e. The lowest BCUT2D eigenvalue weighted by Crippen LogP contribution is -2.51. The summed E-state index contributed by atoms with van der Waals surface area (Å²) < 4.78 is 13.8. The number of aromatic nitrogens is 3. The van der Waals surface area contributed by atoms with Gasteiger partial charge in [0.05, 0.1) is 0 Å². The number of amides is 2. The minimum Gasteiger partial charge on any atom is -0.444 e. The molecule has 10 nitrogen and oxygen atoms in total. The van der Waals surface area contributed by atoms with Crippen molar-refractivity contribution in [1.29, 1.82) is 0 Å². The van der Waals surface area contributed by atoms with Crippen LogP contribution in [0.25, 0.3) is 33.4 Å². The Hall–Kier alpha value is -4.28. The number of aryl methyl sites for hydroxylation is 4. The van der Waals surface area contributed by atoms with Gasteiger partial charge < -0.3 is 24.2 Å². The zero-order valence-corrected chi connectivity index (χ0v) is 32.8. The monoisotopic (exact) mass is 732 g/mol. The number of piperazine rings is 1. The number of hydrogen-bond acceptors (Lipinski definition) is 7. The Bertz CT molecular complexity index is 2010. The fourth-order valence-electron chi connectivity index (χ4n) is 9.07.